The van der Waals surface area contributed by atoms with Crippen LogP contribution in [0.4, 0.5) is 0 Å². The molecule has 0 saturated heterocycles. The third kappa shape index (κ3) is 5.01. The van der Waals surface area contributed by atoms with Crippen LogP contribution in [0.25, 0.3) is 0 Å². The summed E-state index contributed by atoms with van der Waals surface area (Å²) in [6, 6.07) is 0. The van der Waals surface area contributed by atoms with E-state index in [1.165, 1.54) is 32.1 Å². The molecule has 4 heteroatoms. The van der Waals surface area contributed by atoms with Crippen LogP contribution in [0.3, 0.4) is 0 Å². The first kappa shape index (κ1) is 33.2. The van der Waals surface area contributed by atoms with Crippen LogP contribution in [0.2, 0.25) is 0 Å². The van der Waals surface area contributed by atoms with Gasteiger partial charge in [0.15, 0.2) is 0 Å². The molecular weight excluding hydrogens is 532 g/mol. The molecule has 0 spiro atoms. The summed E-state index contributed by atoms with van der Waals surface area (Å²) >= 11 is 0. The number of unbranched alkanes of at least 4 members (excludes halogenated alkanes) is 1. The number of esters is 1. The summed E-state index contributed by atoms with van der Waals surface area (Å²) in [5.74, 6) is 4.02. The molecule has 0 bridgehead atoms. The van der Waals surface area contributed by atoms with E-state index in [1.54, 1.807) is 6.92 Å². The summed E-state index contributed by atoms with van der Waals surface area (Å²) in [4.78, 5) is 38.7. The highest BCUT2D eigenvalue weighted by Crippen LogP contribution is 2.77. The molecule has 5 fully saturated rings. The zero-order chi connectivity index (χ0) is 31.6. The van der Waals surface area contributed by atoms with Crippen molar-refractivity contribution in [2.24, 2.45) is 62.6 Å². The van der Waals surface area contributed by atoms with Crippen LogP contribution in [0.15, 0.2) is 0 Å². The molecule has 43 heavy (non-hydrogen) atoms. The van der Waals surface area contributed by atoms with Gasteiger partial charge in [0.25, 0.3) is 0 Å². The van der Waals surface area contributed by atoms with Crippen molar-refractivity contribution >= 4 is 17.5 Å². The molecular formula is C39H64O4. The molecule has 5 aliphatic carbocycles. The number of carbonyl (C=O) groups excluding carboxylic acids is 3. The van der Waals surface area contributed by atoms with E-state index in [-0.39, 0.29) is 44.9 Å². The Kier molecular flexibility index (Phi) is 8.92. The molecule has 0 N–H and O–H groups in total. The second-order valence-corrected chi connectivity index (χ2v) is 17.9. The monoisotopic (exact) mass is 596 g/mol. The number of carbonyl (C=O) groups is 3. The third-order valence-corrected chi connectivity index (χ3v) is 15.5. The summed E-state index contributed by atoms with van der Waals surface area (Å²) in [5.41, 5.74) is 0.494. The molecule has 5 saturated carbocycles. The standard InChI is InChI=1S/C39H64O4/c1-10-11-12-33(42)43-32-19-20-36(7)29(35(32,5)6)18-21-38(9)30(36)15-14-28-34-27(25(2)3)17-22-39(34,24-23-37(28,38)8)31(41)16-13-26(4)40/h25,27-30,32,34H,10-24H2,1-9H3/t27?,28?,29?,30?,32-,34?,36+,37-,38-,39-/m1/s1. The Morgan fingerprint density at radius 1 is 0.767 bits per heavy atom. The van der Waals surface area contributed by atoms with Crippen LogP contribution in [0, 0.1) is 62.6 Å². The first-order valence-corrected chi connectivity index (χ1v) is 18.3. The Balaban J connectivity index is 1.44. The van der Waals surface area contributed by atoms with E-state index in [4.69, 9.17) is 4.74 Å². The van der Waals surface area contributed by atoms with E-state index in [0.717, 1.165) is 44.9 Å². The van der Waals surface area contributed by atoms with Crippen molar-refractivity contribution < 1.29 is 19.1 Å². The number of Topliss-reactive ketones (excluding diaryl/α,β-unsaturated/α-hetero) is 2. The fraction of sp³-hybridized carbons (Fsp3) is 0.923. The van der Waals surface area contributed by atoms with Crippen LogP contribution in [0.5, 0.6) is 0 Å². The predicted octanol–water partition coefficient (Wildman–Crippen LogP) is 9.76. The molecule has 5 rings (SSSR count). The van der Waals surface area contributed by atoms with Gasteiger partial charge in [-0.25, -0.2) is 0 Å². The lowest BCUT2D eigenvalue weighted by molar-refractivity contribution is -0.250. The number of hydrogen-bond donors (Lipinski definition) is 0. The van der Waals surface area contributed by atoms with Crippen LogP contribution < -0.4 is 0 Å². The Bertz CT molecular complexity index is 1090. The molecule has 0 aromatic heterocycles. The number of hydrogen-bond acceptors (Lipinski definition) is 4. The molecule has 0 radical (unpaired) electrons. The third-order valence-electron chi connectivity index (χ3n) is 15.5. The van der Waals surface area contributed by atoms with Gasteiger partial charge in [-0.05, 0) is 129 Å². The van der Waals surface area contributed by atoms with Crippen molar-refractivity contribution in [2.45, 2.75) is 165 Å². The van der Waals surface area contributed by atoms with Gasteiger partial charge in [-0.1, -0.05) is 61.8 Å². The summed E-state index contributed by atoms with van der Waals surface area (Å²) in [7, 11) is 0. The van der Waals surface area contributed by atoms with E-state index >= 15 is 0 Å². The van der Waals surface area contributed by atoms with Gasteiger partial charge in [-0.3, -0.25) is 9.59 Å². The maximum Gasteiger partial charge on any atom is 0.306 e. The molecule has 0 aromatic carbocycles. The molecule has 0 aliphatic heterocycles. The molecule has 0 heterocycles. The fourth-order valence-corrected chi connectivity index (χ4v) is 13.1. The van der Waals surface area contributed by atoms with Gasteiger partial charge >= 0.3 is 5.97 Å². The molecule has 5 unspecified atom stereocenters. The van der Waals surface area contributed by atoms with Crippen LogP contribution in [-0.4, -0.2) is 23.6 Å². The van der Waals surface area contributed by atoms with Gasteiger partial charge in [-0.15, -0.1) is 0 Å². The van der Waals surface area contributed by atoms with Gasteiger partial charge in [0.05, 0.1) is 0 Å². The minimum atomic E-state index is -0.208. The summed E-state index contributed by atoms with van der Waals surface area (Å²) in [5, 5.41) is 0. The predicted molar refractivity (Wildman–Crippen MR) is 173 cm³/mol. The lowest BCUT2D eigenvalue weighted by Crippen LogP contribution is -2.67. The number of rotatable bonds is 9. The van der Waals surface area contributed by atoms with E-state index in [1.807, 2.05) is 0 Å². The first-order chi connectivity index (χ1) is 20.1. The lowest BCUT2D eigenvalue weighted by Gasteiger charge is -2.73. The molecule has 0 amide bonds. The number of ether oxygens (including phenoxy) is 1. The maximum atomic E-state index is 14.1. The maximum absolute atomic E-state index is 14.1. The average Bonchev–Trinajstić information content (AvgIpc) is 3.34. The van der Waals surface area contributed by atoms with Gasteiger partial charge < -0.3 is 9.53 Å². The normalized spacial score (nSPS) is 45.0. The van der Waals surface area contributed by atoms with Crippen LogP contribution in [0.1, 0.15) is 159 Å². The van der Waals surface area contributed by atoms with Crippen LogP contribution in [-0.2, 0) is 19.1 Å². The Morgan fingerprint density at radius 2 is 1.49 bits per heavy atom. The van der Waals surface area contributed by atoms with Crippen molar-refractivity contribution in [3.8, 4) is 0 Å². The van der Waals surface area contributed by atoms with Crippen molar-refractivity contribution in [3.05, 3.63) is 0 Å². The van der Waals surface area contributed by atoms with Gasteiger partial charge in [0, 0.05) is 30.1 Å². The quantitative estimate of drug-likeness (QED) is 0.249. The van der Waals surface area contributed by atoms with Gasteiger partial charge in [-0.2, -0.15) is 0 Å². The highest BCUT2D eigenvalue weighted by atomic mass is 16.5. The van der Waals surface area contributed by atoms with Crippen LogP contribution >= 0.6 is 0 Å². The highest BCUT2D eigenvalue weighted by molar-refractivity contribution is 5.89. The second kappa shape index (κ2) is 11.6. The second-order valence-electron chi connectivity index (χ2n) is 17.9. The minimum absolute atomic E-state index is 0.00277. The Hall–Kier alpha value is -1.19. The van der Waals surface area contributed by atoms with Crippen molar-refractivity contribution in [1.82, 2.24) is 0 Å². The van der Waals surface area contributed by atoms with Crippen molar-refractivity contribution in [3.63, 3.8) is 0 Å². The van der Waals surface area contributed by atoms with E-state index in [0.29, 0.717) is 60.6 Å². The number of ketones is 2. The summed E-state index contributed by atoms with van der Waals surface area (Å²) in [6.45, 7) is 21.3. The molecule has 10 atom stereocenters. The zero-order valence-electron chi connectivity index (χ0n) is 29.3. The van der Waals surface area contributed by atoms with Gasteiger partial charge in [0.1, 0.15) is 17.7 Å². The summed E-state index contributed by atoms with van der Waals surface area (Å²) < 4.78 is 6.23. The van der Waals surface area contributed by atoms with Crippen molar-refractivity contribution in [2.75, 3.05) is 0 Å². The first-order valence-electron chi connectivity index (χ1n) is 18.3. The SMILES string of the molecule is CCCCC(=O)O[C@@H]1CC[C@@]2(C)C(CC[C@]3(C)C2CCC2C4C(C(C)C)CC[C@]4(C(=O)CCC(C)=O)CC[C@]23C)C1(C)C. The van der Waals surface area contributed by atoms with E-state index in [2.05, 4.69) is 55.4 Å². The average molecular weight is 597 g/mol. The minimum Gasteiger partial charge on any atom is -0.462 e. The fourth-order valence-electron chi connectivity index (χ4n) is 13.1. The van der Waals surface area contributed by atoms with E-state index < -0.39 is 0 Å². The highest BCUT2D eigenvalue weighted by Gasteiger charge is 2.71. The molecule has 244 valence electrons. The molecule has 5 aliphatic rings. The summed E-state index contributed by atoms with van der Waals surface area (Å²) in [6.07, 6.45) is 14.8. The lowest BCUT2D eigenvalue weighted by atomic mass is 9.32. The molecule has 4 nitrogen and oxygen atoms in total. The van der Waals surface area contributed by atoms with E-state index in [9.17, 15) is 14.4 Å². The number of fused-ring (bicyclic) bond motifs is 7. The van der Waals surface area contributed by atoms with Crippen molar-refractivity contribution in [1.29, 1.82) is 0 Å². The Labute approximate surface area is 263 Å². The topological polar surface area (TPSA) is 60.4 Å². The smallest absolute Gasteiger partial charge is 0.306 e. The molecule has 0 aromatic rings. The van der Waals surface area contributed by atoms with Gasteiger partial charge in [0.2, 0.25) is 0 Å². The largest absolute Gasteiger partial charge is 0.462 e. The Morgan fingerprint density at radius 3 is 2.14 bits per heavy atom. The zero-order valence-corrected chi connectivity index (χ0v) is 29.3.